The Hall–Kier alpha value is -2.89. The van der Waals surface area contributed by atoms with E-state index in [1.165, 1.54) is 12.1 Å². The van der Waals surface area contributed by atoms with E-state index in [1.54, 1.807) is 65.0 Å². The number of benzene rings is 3. The molecule has 0 bridgehead atoms. The first kappa shape index (κ1) is 31.6. The molecule has 3 aromatic carbocycles. The largest absolute Gasteiger partial charge is 0.598 e. The summed E-state index contributed by atoms with van der Waals surface area (Å²) in [7, 11) is 0. The Kier molecular flexibility index (Phi) is 9.74. The first-order valence-electron chi connectivity index (χ1n) is 12.4. The number of alkyl halides is 4. The van der Waals surface area contributed by atoms with Gasteiger partial charge in [-0.05, 0) is 75.6 Å². The van der Waals surface area contributed by atoms with E-state index in [4.69, 9.17) is 4.74 Å². The van der Waals surface area contributed by atoms with Gasteiger partial charge in [0.25, 0.3) is 0 Å². The molecule has 0 aromatic heterocycles. The first-order valence-corrected chi connectivity index (χ1v) is 13.5. The molecule has 0 amide bonds. The molecule has 11 heteroatoms. The molecule has 0 aliphatic rings. The summed E-state index contributed by atoms with van der Waals surface area (Å²) < 4.78 is 109. The molecule has 0 saturated carbocycles. The van der Waals surface area contributed by atoms with Gasteiger partial charge < -0.3 is 14.0 Å². The van der Waals surface area contributed by atoms with E-state index >= 15 is 4.39 Å². The van der Waals surface area contributed by atoms with Gasteiger partial charge in [0.15, 0.2) is 11.6 Å². The Morgan fingerprint density at radius 3 is 2.10 bits per heavy atom. The molecule has 218 valence electrons. The molecule has 0 aliphatic carbocycles. The van der Waals surface area contributed by atoms with Gasteiger partial charge in [-0.3, -0.25) is 0 Å². The summed E-state index contributed by atoms with van der Waals surface area (Å²) in [5, 5.41) is 0. The lowest BCUT2D eigenvalue weighted by Gasteiger charge is -2.39. The van der Waals surface area contributed by atoms with E-state index in [9.17, 15) is 26.5 Å². The third-order valence-electron chi connectivity index (χ3n) is 5.79. The molecule has 0 fully saturated rings. The lowest BCUT2D eigenvalue weighted by molar-refractivity contribution is -0.253. The predicted octanol–water partition coefficient (Wildman–Crippen LogP) is 7.53. The molecule has 1 unspecified atom stereocenters. The van der Waals surface area contributed by atoms with E-state index in [0.717, 1.165) is 18.2 Å². The molecule has 3 rings (SSSR count). The van der Waals surface area contributed by atoms with Gasteiger partial charge in [-0.25, -0.2) is 8.78 Å². The maximum Gasteiger partial charge on any atom is 0.461 e. The fourth-order valence-corrected chi connectivity index (χ4v) is 4.85. The van der Waals surface area contributed by atoms with Crippen molar-refractivity contribution in [1.82, 2.24) is 4.72 Å². The van der Waals surface area contributed by atoms with Crippen molar-refractivity contribution in [2.45, 2.75) is 70.0 Å². The summed E-state index contributed by atoms with van der Waals surface area (Å²) in [6.07, 6.45) is -9.49. The zero-order valence-corrected chi connectivity index (χ0v) is 23.4. The second-order valence-corrected chi connectivity index (χ2v) is 12.5. The van der Waals surface area contributed by atoms with E-state index in [-0.39, 0.29) is 29.4 Å². The van der Waals surface area contributed by atoms with Crippen LogP contribution >= 0.6 is 0 Å². The van der Waals surface area contributed by atoms with Crippen molar-refractivity contribution in [1.29, 1.82) is 0 Å². The van der Waals surface area contributed by atoms with Crippen molar-refractivity contribution in [3.63, 3.8) is 0 Å². The van der Waals surface area contributed by atoms with Crippen LogP contribution in [0.5, 0.6) is 11.5 Å². The van der Waals surface area contributed by atoms with Crippen LogP contribution in [0, 0.1) is 11.6 Å². The average Bonchev–Trinajstić information content (AvgIpc) is 2.83. The number of hydrogen-bond donors (Lipinski definition) is 1. The van der Waals surface area contributed by atoms with Gasteiger partial charge in [0.1, 0.15) is 21.9 Å². The summed E-state index contributed by atoms with van der Waals surface area (Å²) >= 11 is -1.88. The predicted molar refractivity (Wildman–Crippen MR) is 142 cm³/mol. The molecule has 0 aliphatic heterocycles. The van der Waals surface area contributed by atoms with E-state index in [2.05, 4.69) is 9.46 Å². The standard InChI is InChI=1S/C29H31F6NO3S/c1-18(2)38-25-12-11-20(15-24(25)31)28(36-40(37)27(3,4)5,17-19-9-7-6-8-10-19)21-13-22(30)16-23(14-21)39-29(34,35)26(32)33/h6-16,18,26,36H,17H2,1-5H3/t28-,40?/m0/s1. The Labute approximate surface area is 233 Å². The van der Waals surface area contributed by atoms with Crippen LogP contribution in [0.4, 0.5) is 26.3 Å². The molecule has 0 heterocycles. The smallest absolute Gasteiger partial charge is 0.461 e. The maximum absolute atomic E-state index is 15.3. The summed E-state index contributed by atoms with van der Waals surface area (Å²) in [5.41, 5.74) is -1.03. The molecule has 40 heavy (non-hydrogen) atoms. The first-order chi connectivity index (χ1) is 18.5. The third-order valence-corrected chi connectivity index (χ3v) is 7.44. The number of halogens is 6. The second kappa shape index (κ2) is 12.3. The van der Waals surface area contributed by atoms with Crippen molar-refractivity contribution in [3.8, 4) is 11.5 Å². The van der Waals surface area contributed by atoms with Crippen LogP contribution in [0.1, 0.15) is 51.3 Å². The van der Waals surface area contributed by atoms with Crippen LogP contribution in [0.3, 0.4) is 0 Å². The molecule has 0 radical (unpaired) electrons. The summed E-state index contributed by atoms with van der Waals surface area (Å²) in [5.74, 6) is -2.81. The minimum Gasteiger partial charge on any atom is -0.598 e. The molecule has 2 atom stereocenters. The van der Waals surface area contributed by atoms with Gasteiger partial charge in [0.2, 0.25) is 0 Å². The summed E-state index contributed by atoms with van der Waals surface area (Å²) in [4.78, 5) is 0. The van der Waals surface area contributed by atoms with Crippen molar-refractivity contribution in [2.24, 2.45) is 0 Å². The van der Waals surface area contributed by atoms with Crippen LogP contribution in [0.25, 0.3) is 0 Å². The lowest BCUT2D eigenvalue weighted by Crippen LogP contribution is -2.53. The minimum absolute atomic E-state index is 0.0619. The SMILES string of the molecule is CC(C)Oc1ccc([C@](Cc2ccccc2)(N[S+]([O-])C(C)(C)C)c2cc(F)cc(OC(F)(F)C(F)F)c2)cc1F. The Morgan fingerprint density at radius 1 is 0.900 bits per heavy atom. The van der Waals surface area contributed by atoms with Crippen LogP contribution in [-0.4, -0.2) is 27.9 Å². The van der Waals surface area contributed by atoms with Gasteiger partial charge in [-0.2, -0.15) is 17.6 Å². The molecule has 0 saturated heterocycles. The van der Waals surface area contributed by atoms with E-state index < -0.39 is 51.6 Å². The normalized spacial score (nSPS) is 14.8. The van der Waals surface area contributed by atoms with Gasteiger partial charge in [0, 0.05) is 23.8 Å². The monoisotopic (exact) mass is 587 g/mol. The zero-order chi connectivity index (χ0) is 29.9. The molecule has 0 spiro atoms. The zero-order valence-electron chi connectivity index (χ0n) is 22.6. The molecular weight excluding hydrogens is 556 g/mol. The van der Waals surface area contributed by atoms with Crippen molar-refractivity contribution >= 4 is 11.4 Å². The quantitative estimate of drug-likeness (QED) is 0.186. The Morgan fingerprint density at radius 2 is 1.55 bits per heavy atom. The number of ether oxygens (including phenoxy) is 2. The Balaban J connectivity index is 2.32. The number of rotatable bonds is 11. The van der Waals surface area contributed by atoms with Gasteiger partial charge in [0.05, 0.1) is 6.10 Å². The van der Waals surface area contributed by atoms with Crippen molar-refractivity contribution < 1.29 is 40.4 Å². The van der Waals surface area contributed by atoms with Crippen LogP contribution in [0.15, 0.2) is 66.7 Å². The van der Waals surface area contributed by atoms with Crippen LogP contribution in [0.2, 0.25) is 0 Å². The minimum atomic E-state index is -4.91. The van der Waals surface area contributed by atoms with Gasteiger partial charge >= 0.3 is 12.5 Å². The molecule has 1 N–H and O–H groups in total. The molecule has 4 nitrogen and oxygen atoms in total. The molecular formula is C29H31F6NO3S. The second-order valence-electron chi connectivity index (χ2n) is 10.5. The number of nitrogens with one attached hydrogen (secondary N) is 1. The number of hydrogen-bond acceptors (Lipinski definition) is 4. The lowest BCUT2D eigenvalue weighted by atomic mass is 9.78. The average molecular weight is 588 g/mol. The maximum atomic E-state index is 15.3. The molecule has 3 aromatic rings. The summed E-state index contributed by atoms with van der Waals surface area (Å²) in [6, 6.07) is 15.1. The van der Waals surface area contributed by atoms with Crippen LogP contribution < -0.4 is 14.2 Å². The van der Waals surface area contributed by atoms with Gasteiger partial charge in [-0.15, -0.1) is 4.72 Å². The van der Waals surface area contributed by atoms with Gasteiger partial charge in [-0.1, -0.05) is 36.4 Å². The highest BCUT2D eigenvalue weighted by molar-refractivity contribution is 7.90. The fourth-order valence-electron chi connectivity index (χ4n) is 3.92. The third kappa shape index (κ3) is 7.64. The van der Waals surface area contributed by atoms with Crippen molar-refractivity contribution in [2.75, 3.05) is 0 Å². The highest BCUT2D eigenvalue weighted by Gasteiger charge is 2.46. The van der Waals surface area contributed by atoms with E-state index in [0.29, 0.717) is 11.6 Å². The van der Waals surface area contributed by atoms with Crippen LogP contribution in [-0.2, 0) is 23.3 Å². The fraction of sp³-hybridized carbons (Fsp3) is 0.379. The highest BCUT2D eigenvalue weighted by atomic mass is 32.2. The highest BCUT2D eigenvalue weighted by Crippen LogP contribution is 2.40. The topological polar surface area (TPSA) is 53.5 Å². The summed E-state index contributed by atoms with van der Waals surface area (Å²) in [6.45, 7) is 8.45. The Bertz CT molecular complexity index is 1290. The van der Waals surface area contributed by atoms with E-state index in [1.807, 2.05) is 0 Å². The van der Waals surface area contributed by atoms with Crippen molar-refractivity contribution in [3.05, 3.63) is 95.1 Å².